The maximum Gasteiger partial charge on any atom is 0.338 e. The Morgan fingerprint density at radius 2 is 1.95 bits per heavy atom. The van der Waals surface area contributed by atoms with Gasteiger partial charge in [0.25, 0.3) is 0 Å². The summed E-state index contributed by atoms with van der Waals surface area (Å²) in [5.74, 6) is 0.286. The van der Waals surface area contributed by atoms with Gasteiger partial charge in [-0.25, -0.2) is 4.79 Å². The minimum atomic E-state index is -0.342. The van der Waals surface area contributed by atoms with Gasteiger partial charge in [0.15, 0.2) is 0 Å². The van der Waals surface area contributed by atoms with Crippen molar-refractivity contribution in [2.75, 3.05) is 18.9 Å². The van der Waals surface area contributed by atoms with E-state index in [0.29, 0.717) is 30.2 Å². The molecule has 4 heteroatoms. The van der Waals surface area contributed by atoms with Crippen LogP contribution in [-0.4, -0.2) is 19.2 Å². The minimum absolute atomic E-state index is 0.342. The summed E-state index contributed by atoms with van der Waals surface area (Å²) in [6.07, 6.45) is 4.11. The standard InChI is InChI=1S/C15H23NO3/c1-3-5-6-10-18-14-8-7-12(11-13(14)16)15(17)19-9-4-2/h7-8,11H,3-6,9-10,16H2,1-2H3. The smallest absolute Gasteiger partial charge is 0.338 e. The quantitative estimate of drug-likeness (QED) is 0.444. The van der Waals surface area contributed by atoms with Gasteiger partial charge in [-0.2, -0.15) is 0 Å². The second-order valence-corrected chi connectivity index (χ2v) is 4.44. The number of esters is 1. The van der Waals surface area contributed by atoms with E-state index in [9.17, 15) is 4.79 Å². The predicted molar refractivity (Wildman–Crippen MR) is 76.4 cm³/mol. The van der Waals surface area contributed by atoms with Crippen LogP contribution in [0.1, 0.15) is 49.9 Å². The molecular weight excluding hydrogens is 242 g/mol. The van der Waals surface area contributed by atoms with E-state index in [2.05, 4.69) is 6.92 Å². The van der Waals surface area contributed by atoms with Crippen molar-refractivity contribution in [2.45, 2.75) is 39.5 Å². The van der Waals surface area contributed by atoms with Gasteiger partial charge in [-0.15, -0.1) is 0 Å². The molecule has 0 spiro atoms. The Morgan fingerprint density at radius 1 is 1.16 bits per heavy atom. The lowest BCUT2D eigenvalue weighted by molar-refractivity contribution is 0.0505. The third-order valence-electron chi connectivity index (χ3n) is 2.69. The Labute approximate surface area is 114 Å². The summed E-state index contributed by atoms with van der Waals surface area (Å²) in [7, 11) is 0. The van der Waals surface area contributed by atoms with Crippen molar-refractivity contribution in [3.05, 3.63) is 23.8 Å². The number of unbranched alkanes of at least 4 members (excludes halogenated alkanes) is 2. The van der Waals surface area contributed by atoms with E-state index in [4.69, 9.17) is 15.2 Å². The van der Waals surface area contributed by atoms with Crippen molar-refractivity contribution in [1.82, 2.24) is 0 Å². The fourth-order valence-electron chi connectivity index (χ4n) is 1.62. The van der Waals surface area contributed by atoms with Crippen molar-refractivity contribution in [3.8, 4) is 5.75 Å². The predicted octanol–water partition coefficient (Wildman–Crippen LogP) is 3.40. The first-order valence-corrected chi connectivity index (χ1v) is 6.88. The maximum absolute atomic E-state index is 11.6. The Morgan fingerprint density at radius 3 is 2.58 bits per heavy atom. The first-order valence-electron chi connectivity index (χ1n) is 6.88. The molecule has 0 aliphatic carbocycles. The van der Waals surface area contributed by atoms with Gasteiger partial charge in [0.05, 0.1) is 24.5 Å². The van der Waals surface area contributed by atoms with Crippen molar-refractivity contribution >= 4 is 11.7 Å². The fraction of sp³-hybridized carbons (Fsp3) is 0.533. The van der Waals surface area contributed by atoms with Gasteiger partial charge in [-0.1, -0.05) is 26.7 Å². The molecule has 0 saturated carbocycles. The van der Waals surface area contributed by atoms with Crippen LogP contribution in [0.3, 0.4) is 0 Å². The lowest BCUT2D eigenvalue weighted by Gasteiger charge is -2.10. The Balaban J connectivity index is 2.56. The molecule has 0 aromatic heterocycles. The lowest BCUT2D eigenvalue weighted by atomic mass is 10.2. The third-order valence-corrected chi connectivity index (χ3v) is 2.69. The van der Waals surface area contributed by atoms with E-state index < -0.39 is 0 Å². The monoisotopic (exact) mass is 265 g/mol. The number of carbonyl (C=O) groups is 1. The second-order valence-electron chi connectivity index (χ2n) is 4.44. The summed E-state index contributed by atoms with van der Waals surface area (Å²) < 4.78 is 10.6. The number of hydrogen-bond acceptors (Lipinski definition) is 4. The molecule has 1 aromatic carbocycles. The summed E-state index contributed by atoms with van der Waals surface area (Å²) in [6.45, 7) is 5.17. The molecule has 0 saturated heterocycles. The number of ether oxygens (including phenoxy) is 2. The molecule has 1 aromatic rings. The summed E-state index contributed by atoms with van der Waals surface area (Å²) in [5.41, 5.74) is 6.81. The van der Waals surface area contributed by atoms with Crippen LogP contribution in [0.2, 0.25) is 0 Å². The number of rotatable bonds is 8. The molecule has 0 radical (unpaired) electrons. The van der Waals surface area contributed by atoms with E-state index >= 15 is 0 Å². The van der Waals surface area contributed by atoms with E-state index in [1.807, 2.05) is 6.92 Å². The van der Waals surface area contributed by atoms with Gasteiger partial charge < -0.3 is 15.2 Å². The fourth-order valence-corrected chi connectivity index (χ4v) is 1.62. The van der Waals surface area contributed by atoms with Crippen molar-refractivity contribution < 1.29 is 14.3 Å². The first kappa shape index (κ1) is 15.3. The Kier molecular flexibility index (Phi) is 6.79. The molecule has 2 N–H and O–H groups in total. The highest BCUT2D eigenvalue weighted by Gasteiger charge is 2.09. The number of nitrogens with two attached hydrogens (primary N) is 1. The molecule has 0 aliphatic rings. The van der Waals surface area contributed by atoms with E-state index in [0.717, 1.165) is 25.7 Å². The normalized spacial score (nSPS) is 10.2. The maximum atomic E-state index is 11.6. The number of nitrogen functional groups attached to an aromatic ring is 1. The zero-order valence-electron chi connectivity index (χ0n) is 11.8. The molecule has 0 amide bonds. The summed E-state index contributed by atoms with van der Waals surface area (Å²) >= 11 is 0. The van der Waals surface area contributed by atoms with Gasteiger partial charge in [0.1, 0.15) is 5.75 Å². The lowest BCUT2D eigenvalue weighted by Crippen LogP contribution is -2.07. The Hall–Kier alpha value is -1.71. The van der Waals surface area contributed by atoms with Gasteiger partial charge in [-0.05, 0) is 31.0 Å². The Bertz CT molecular complexity index is 404. The van der Waals surface area contributed by atoms with Gasteiger partial charge in [0.2, 0.25) is 0 Å². The van der Waals surface area contributed by atoms with Gasteiger partial charge in [0, 0.05) is 0 Å². The first-order chi connectivity index (χ1) is 9.19. The average Bonchev–Trinajstić information content (AvgIpc) is 2.42. The summed E-state index contributed by atoms with van der Waals surface area (Å²) in [5, 5.41) is 0. The number of anilines is 1. The van der Waals surface area contributed by atoms with E-state index in [-0.39, 0.29) is 5.97 Å². The van der Waals surface area contributed by atoms with Crippen molar-refractivity contribution in [3.63, 3.8) is 0 Å². The van der Waals surface area contributed by atoms with Crippen LogP contribution >= 0.6 is 0 Å². The molecular formula is C15H23NO3. The molecule has 0 atom stereocenters. The largest absolute Gasteiger partial charge is 0.491 e. The number of carbonyl (C=O) groups excluding carboxylic acids is 1. The summed E-state index contributed by atoms with van der Waals surface area (Å²) in [6, 6.07) is 5.01. The zero-order valence-corrected chi connectivity index (χ0v) is 11.8. The summed E-state index contributed by atoms with van der Waals surface area (Å²) in [4.78, 5) is 11.6. The molecule has 0 bridgehead atoms. The van der Waals surface area contributed by atoms with Crippen molar-refractivity contribution in [2.24, 2.45) is 0 Å². The molecule has 1 rings (SSSR count). The van der Waals surface area contributed by atoms with Crippen LogP contribution < -0.4 is 10.5 Å². The zero-order chi connectivity index (χ0) is 14.1. The number of benzene rings is 1. The molecule has 4 nitrogen and oxygen atoms in total. The third kappa shape index (κ3) is 5.20. The highest BCUT2D eigenvalue weighted by Crippen LogP contribution is 2.23. The topological polar surface area (TPSA) is 61.5 Å². The van der Waals surface area contributed by atoms with Crippen LogP contribution in [0.15, 0.2) is 18.2 Å². The SMILES string of the molecule is CCCCCOc1ccc(C(=O)OCCC)cc1N. The highest BCUT2D eigenvalue weighted by molar-refractivity contribution is 5.91. The van der Waals surface area contributed by atoms with Crippen LogP contribution in [0, 0.1) is 0 Å². The van der Waals surface area contributed by atoms with Gasteiger partial charge in [-0.3, -0.25) is 0 Å². The number of hydrogen-bond donors (Lipinski definition) is 1. The highest BCUT2D eigenvalue weighted by atomic mass is 16.5. The van der Waals surface area contributed by atoms with Crippen LogP contribution in [-0.2, 0) is 4.74 Å². The molecule has 106 valence electrons. The second kappa shape index (κ2) is 8.40. The van der Waals surface area contributed by atoms with Crippen LogP contribution in [0.4, 0.5) is 5.69 Å². The van der Waals surface area contributed by atoms with Crippen molar-refractivity contribution in [1.29, 1.82) is 0 Å². The van der Waals surface area contributed by atoms with Gasteiger partial charge >= 0.3 is 5.97 Å². The molecule has 0 fully saturated rings. The average molecular weight is 265 g/mol. The van der Waals surface area contributed by atoms with Crippen LogP contribution in [0.5, 0.6) is 5.75 Å². The van der Waals surface area contributed by atoms with E-state index in [1.54, 1.807) is 18.2 Å². The molecule has 19 heavy (non-hydrogen) atoms. The van der Waals surface area contributed by atoms with Crippen LogP contribution in [0.25, 0.3) is 0 Å². The minimum Gasteiger partial charge on any atom is -0.491 e. The molecule has 0 unspecified atom stereocenters. The van der Waals surface area contributed by atoms with E-state index in [1.165, 1.54) is 0 Å². The molecule has 0 heterocycles. The molecule has 0 aliphatic heterocycles.